The molecule has 3 heteroatoms. The van der Waals surface area contributed by atoms with E-state index in [9.17, 15) is 0 Å². The smallest absolute Gasteiger partial charge is 0.123 e. The number of nitrogens with zero attached hydrogens (tertiary/aromatic N) is 1. The zero-order valence-electron chi connectivity index (χ0n) is 5.55. The number of rotatable bonds is 0. The van der Waals surface area contributed by atoms with Gasteiger partial charge in [0.2, 0.25) is 0 Å². The molecule has 0 aromatic carbocycles. The highest BCUT2D eigenvalue weighted by atomic mass is 32.2. The molecule has 0 aromatic heterocycles. The minimum Gasteiger partial charge on any atom is -0.302 e. The monoisotopic (exact) mass is 129 g/mol. The molecule has 0 bridgehead atoms. The predicted octanol–water partition coefficient (Wildman–Crippen LogP) is -0.0282. The Kier molecular flexibility index (Phi) is 2.26. The van der Waals surface area contributed by atoms with Gasteiger partial charge in [0.1, 0.15) is 7.85 Å². The van der Waals surface area contributed by atoms with Gasteiger partial charge in [0.05, 0.1) is 0 Å². The van der Waals surface area contributed by atoms with E-state index in [1.54, 1.807) is 0 Å². The van der Waals surface area contributed by atoms with Crippen LogP contribution in [0.3, 0.4) is 0 Å². The van der Waals surface area contributed by atoms with Gasteiger partial charge in [-0.15, -0.1) is 11.8 Å². The summed E-state index contributed by atoms with van der Waals surface area (Å²) in [6.45, 7) is 0. The van der Waals surface area contributed by atoms with E-state index in [4.69, 9.17) is 0 Å². The average Bonchev–Trinajstić information content (AvgIpc) is 1.77. The van der Waals surface area contributed by atoms with Gasteiger partial charge in [-0.2, -0.15) is 0 Å². The van der Waals surface area contributed by atoms with Crippen LogP contribution in [0.4, 0.5) is 0 Å². The van der Waals surface area contributed by atoms with Crippen LogP contribution in [0.2, 0.25) is 0 Å². The van der Waals surface area contributed by atoms with E-state index in [-0.39, 0.29) is 0 Å². The molecule has 1 heterocycles. The average molecular weight is 129 g/mol. The molecule has 8 heavy (non-hydrogen) atoms. The Hall–Kier alpha value is 0.375. The first-order valence-corrected chi connectivity index (χ1v) is 4.24. The molecule has 0 aliphatic carbocycles. The fourth-order valence-corrected chi connectivity index (χ4v) is 1.99. The highest BCUT2D eigenvalue weighted by Crippen LogP contribution is 2.15. The molecule has 1 saturated heterocycles. The molecule has 1 unspecified atom stereocenters. The maximum Gasteiger partial charge on any atom is 0.123 e. The Labute approximate surface area is 56.2 Å². The van der Waals surface area contributed by atoms with Gasteiger partial charge in [-0.25, -0.2) is 0 Å². The van der Waals surface area contributed by atoms with Crippen molar-refractivity contribution in [2.45, 2.75) is 12.4 Å². The first kappa shape index (κ1) is 6.49. The molecule has 46 valence electrons. The Morgan fingerprint density at radius 1 is 1.75 bits per heavy atom. The van der Waals surface area contributed by atoms with Crippen molar-refractivity contribution in [3.63, 3.8) is 0 Å². The number of thioether (sulfide) groups is 1. The third-order valence-corrected chi connectivity index (χ3v) is 2.84. The summed E-state index contributed by atoms with van der Waals surface area (Å²) in [6.07, 6.45) is 1.36. The molecular formula is C5H12BNS. The molecule has 1 aliphatic rings. The van der Waals surface area contributed by atoms with Crippen LogP contribution >= 0.6 is 11.8 Å². The lowest BCUT2D eigenvalue weighted by molar-refractivity contribution is 0.345. The highest BCUT2D eigenvalue weighted by Gasteiger charge is 2.12. The van der Waals surface area contributed by atoms with Gasteiger partial charge < -0.3 is 4.90 Å². The molecule has 1 aliphatic heterocycles. The summed E-state index contributed by atoms with van der Waals surface area (Å²) in [7, 11) is 4.48. The zero-order valence-corrected chi connectivity index (χ0v) is 6.37. The summed E-state index contributed by atoms with van der Waals surface area (Å²) in [5.74, 6) is 3.39. The van der Waals surface area contributed by atoms with Gasteiger partial charge in [0, 0.05) is 5.88 Å². The molecule has 0 spiro atoms. The van der Waals surface area contributed by atoms with Crippen molar-refractivity contribution in [2.75, 3.05) is 18.7 Å². The van der Waals surface area contributed by atoms with Crippen LogP contribution in [-0.4, -0.2) is 37.4 Å². The van der Waals surface area contributed by atoms with Crippen LogP contribution in [0, 0.1) is 0 Å². The summed E-state index contributed by atoms with van der Waals surface area (Å²) < 4.78 is 0. The third-order valence-electron chi connectivity index (χ3n) is 1.73. The van der Waals surface area contributed by atoms with E-state index < -0.39 is 0 Å². The zero-order chi connectivity index (χ0) is 5.98. The quantitative estimate of drug-likeness (QED) is 0.422. The maximum atomic E-state index is 2.40. The summed E-state index contributed by atoms with van der Waals surface area (Å²) in [6, 6.07) is 0. The molecule has 1 nitrogen and oxygen atoms in total. The number of hydrogen-bond donors (Lipinski definition) is 0. The van der Waals surface area contributed by atoms with E-state index in [1.165, 1.54) is 18.1 Å². The molecule has 0 radical (unpaired) electrons. The normalized spacial score (nSPS) is 32.9. The number of hydrogen-bond acceptors (Lipinski definition) is 2. The van der Waals surface area contributed by atoms with Gasteiger partial charge in [0.15, 0.2) is 0 Å². The lowest BCUT2D eigenvalue weighted by Crippen LogP contribution is -2.35. The summed E-state index contributed by atoms with van der Waals surface area (Å²) in [5, 5.41) is 0. The largest absolute Gasteiger partial charge is 0.302 e. The molecule has 0 N–H and O–H groups in total. The van der Waals surface area contributed by atoms with E-state index in [0.717, 1.165) is 5.94 Å². The van der Waals surface area contributed by atoms with Crippen LogP contribution in [0.5, 0.6) is 0 Å². The van der Waals surface area contributed by atoms with Crippen molar-refractivity contribution in [2.24, 2.45) is 0 Å². The third kappa shape index (κ3) is 1.42. The van der Waals surface area contributed by atoms with Crippen LogP contribution < -0.4 is 0 Å². The summed E-state index contributed by atoms with van der Waals surface area (Å²) in [4.78, 5) is 2.40. The van der Waals surface area contributed by atoms with Crippen molar-refractivity contribution in [1.82, 2.24) is 4.90 Å². The van der Waals surface area contributed by atoms with Crippen LogP contribution in [-0.2, 0) is 0 Å². The second-order valence-corrected chi connectivity index (χ2v) is 3.51. The predicted molar refractivity (Wildman–Crippen MR) is 42.0 cm³/mol. The van der Waals surface area contributed by atoms with Crippen LogP contribution in [0.25, 0.3) is 0 Å². The van der Waals surface area contributed by atoms with Gasteiger partial charge in [-0.1, -0.05) is 0 Å². The van der Waals surface area contributed by atoms with Crippen LogP contribution in [0.1, 0.15) is 6.42 Å². The first-order chi connectivity index (χ1) is 3.80. The van der Waals surface area contributed by atoms with Gasteiger partial charge in [-0.05, 0) is 25.2 Å². The SMILES string of the molecule is BC1CCSCN1C. The molecule has 1 atom stereocenters. The van der Waals surface area contributed by atoms with E-state index in [2.05, 4.69) is 19.8 Å². The summed E-state index contributed by atoms with van der Waals surface area (Å²) in [5.41, 5.74) is 0. The topological polar surface area (TPSA) is 3.24 Å². The Morgan fingerprint density at radius 3 is 2.88 bits per heavy atom. The van der Waals surface area contributed by atoms with Crippen molar-refractivity contribution < 1.29 is 0 Å². The van der Waals surface area contributed by atoms with Crippen molar-refractivity contribution in [3.8, 4) is 0 Å². The van der Waals surface area contributed by atoms with Gasteiger partial charge in [0.25, 0.3) is 0 Å². The minimum absolute atomic E-state index is 0.816. The van der Waals surface area contributed by atoms with E-state index >= 15 is 0 Å². The maximum absolute atomic E-state index is 2.40. The Balaban J connectivity index is 2.28. The summed E-state index contributed by atoms with van der Waals surface area (Å²) >= 11 is 2.03. The molecular weight excluding hydrogens is 117 g/mol. The van der Waals surface area contributed by atoms with Gasteiger partial charge >= 0.3 is 0 Å². The lowest BCUT2D eigenvalue weighted by atomic mass is 9.93. The molecule has 0 amide bonds. The molecule has 1 rings (SSSR count). The second kappa shape index (κ2) is 2.78. The Morgan fingerprint density at radius 2 is 2.50 bits per heavy atom. The minimum atomic E-state index is 0.816. The molecule has 1 fully saturated rings. The fourth-order valence-electron chi connectivity index (χ4n) is 0.810. The van der Waals surface area contributed by atoms with Crippen molar-refractivity contribution in [3.05, 3.63) is 0 Å². The van der Waals surface area contributed by atoms with Crippen LogP contribution in [0.15, 0.2) is 0 Å². The van der Waals surface area contributed by atoms with Gasteiger partial charge in [-0.3, -0.25) is 0 Å². The highest BCUT2D eigenvalue weighted by molar-refractivity contribution is 7.99. The van der Waals surface area contributed by atoms with Crippen molar-refractivity contribution in [1.29, 1.82) is 0 Å². The first-order valence-electron chi connectivity index (χ1n) is 3.08. The Bertz CT molecular complexity index is 68.8. The van der Waals surface area contributed by atoms with Crippen molar-refractivity contribution >= 4 is 19.6 Å². The molecule has 0 aromatic rings. The second-order valence-electron chi connectivity index (χ2n) is 2.43. The lowest BCUT2D eigenvalue weighted by Gasteiger charge is -2.28. The molecule has 0 saturated carbocycles. The van der Waals surface area contributed by atoms with E-state index in [0.29, 0.717) is 0 Å². The fraction of sp³-hybridized carbons (Fsp3) is 1.00. The standard InChI is InChI=1S/C5H12BNS/c1-7-4-8-3-2-5(7)6/h5H,2-4,6H2,1H3. The van der Waals surface area contributed by atoms with E-state index in [1.807, 2.05) is 11.8 Å².